The van der Waals surface area contributed by atoms with Crippen LogP contribution in [0.15, 0.2) is 30.6 Å². The van der Waals surface area contributed by atoms with Crippen LogP contribution in [-0.2, 0) is 17.8 Å². The maximum Gasteiger partial charge on any atom is 0.226 e. The number of nitrogen functional groups attached to an aromatic ring is 1. The van der Waals surface area contributed by atoms with Crippen molar-refractivity contribution in [2.24, 2.45) is 11.7 Å². The van der Waals surface area contributed by atoms with E-state index in [2.05, 4.69) is 27.4 Å². The van der Waals surface area contributed by atoms with E-state index in [0.29, 0.717) is 22.9 Å². The highest BCUT2D eigenvalue weighted by atomic mass is 19.1. The summed E-state index contributed by atoms with van der Waals surface area (Å²) in [6, 6.07) is 6.95. The summed E-state index contributed by atoms with van der Waals surface area (Å²) < 4.78 is 14.9. The summed E-state index contributed by atoms with van der Waals surface area (Å²) in [6.07, 6.45) is 8.15. The van der Waals surface area contributed by atoms with Gasteiger partial charge in [-0.1, -0.05) is 12.8 Å². The zero-order valence-corrected chi connectivity index (χ0v) is 21.3. The van der Waals surface area contributed by atoms with Crippen molar-refractivity contribution in [3.05, 3.63) is 58.8 Å². The van der Waals surface area contributed by atoms with E-state index in [0.717, 1.165) is 11.3 Å². The third-order valence-electron chi connectivity index (χ3n) is 7.06. The number of anilines is 2. The molecule has 1 unspecified atom stereocenters. The number of nitrogens with one attached hydrogen (secondary N) is 2. The summed E-state index contributed by atoms with van der Waals surface area (Å²) in [6.45, 7) is 2.32. The number of nitriles is 1. The summed E-state index contributed by atoms with van der Waals surface area (Å²) >= 11 is 0. The van der Waals surface area contributed by atoms with E-state index in [1.807, 2.05) is 13.1 Å². The van der Waals surface area contributed by atoms with Crippen molar-refractivity contribution in [1.29, 1.82) is 5.26 Å². The Morgan fingerprint density at radius 3 is 2.75 bits per heavy atom. The Hall–Kier alpha value is -3.64. The number of carbonyl (C=O) groups excluding carboxylic acids is 1. The average molecular weight is 494 g/mol. The van der Waals surface area contributed by atoms with Crippen molar-refractivity contribution in [2.75, 3.05) is 31.3 Å². The van der Waals surface area contributed by atoms with Gasteiger partial charge in [-0.15, -0.1) is 0 Å². The quantitative estimate of drug-likeness (QED) is 0.400. The number of carbonyl (C=O) groups is 1. The monoisotopic (exact) mass is 493 g/mol. The van der Waals surface area contributed by atoms with Crippen LogP contribution >= 0.6 is 0 Å². The number of nitrogens with zero attached hydrogens (tertiary/aromatic N) is 3. The molecule has 9 heteroatoms. The van der Waals surface area contributed by atoms with Crippen LogP contribution in [0, 0.1) is 23.1 Å². The number of amides is 1. The maximum atomic E-state index is 14.9. The highest BCUT2D eigenvalue weighted by molar-refractivity contribution is 5.82. The first-order valence-electron chi connectivity index (χ1n) is 12.3. The van der Waals surface area contributed by atoms with Crippen LogP contribution in [0.3, 0.4) is 0 Å². The fourth-order valence-electron chi connectivity index (χ4n) is 4.93. The first-order chi connectivity index (χ1) is 17.3. The molecule has 1 aromatic carbocycles. The molecule has 0 saturated heterocycles. The lowest BCUT2D eigenvalue weighted by atomic mass is 9.97. The van der Waals surface area contributed by atoms with E-state index in [-0.39, 0.29) is 42.6 Å². The van der Waals surface area contributed by atoms with Crippen LogP contribution in [0.25, 0.3) is 5.57 Å². The van der Waals surface area contributed by atoms with Gasteiger partial charge in [-0.2, -0.15) is 5.26 Å². The van der Waals surface area contributed by atoms with Crippen LogP contribution in [0.5, 0.6) is 0 Å². The van der Waals surface area contributed by atoms with Crippen molar-refractivity contribution < 1.29 is 9.18 Å². The van der Waals surface area contributed by atoms with Gasteiger partial charge in [0.05, 0.1) is 29.1 Å². The minimum Gasteiger partial charge on any atom is -0.397 e. The predicted octanol–water partition coefficient (Wildman–Crippen LogP) is 3.07. The third-order valence-corrected chi connectivity index (χ3v) is 7.06. The Kier molecular flexibility index (Phi) is 9.25. The molecule has 2 aromatic rings. The number of hydrogen-bond acceptors (Lipinski definition) is 7. The van der Waals surface area contributed by atoms with Crippen molar-refractivity contribution in [1.82, 2.24) is 15.6 Å². The van der Waals surface area contributed by atoms with E-state index in [1.165, 1.54) is 31.7 Å². The molecule has 0 aliphatic heterocycles. The van der Waals surface area contributed by atoms with Crippen molar-refractivity contribution in [3.63, 3.8) is 0 Å². The normalized spacial score (nSPS) is 14.8. The summed E-state index contributed by atoms with van der Waals surface area (Å²) in [5, 5.41) is 15.1. The molecule has 192 valence electrons. The lowest BCUT2D eigenvalue weighted by Gasteiger charge is -2.33. The zero-order chi connectivity index (χ0) is 26.2. The van der Waals surface area contributed by atoms with E-state index < -0.39 is 5.82 Å². The number of benzene rings is 1. The van der Waals surface area contributed by atoms with Crippen LogP contribution in [0.2, 0.25) is 0 Å². The Bertz CT molecular complexity index is 1150. The summed E-state index contributed by atoms with van der Waals surface area (Å²) in [4.78, 5) is 19.5. The molecule has 1 amide bonds. The van der Waals surface area contributed by atoms with Crippen molar-refractivity contribution >= 4 is 22.9 Å². The topological polar surface area (TPSA) is 133 Å². The molecule has 1 aliphatic carbocycles. The Balaban J connectivity index is 1.78. The molecule has 0 bridgehead atoms. The predicted molar refractivity (Wildman–Crippen MR) is 141 cm³/mol. The number of halogens is 1. The molecular weight excluding hydrogens is 457 g/mol. The van der Waals surface area contributed by atoms with Crippen LogP contribution in [0.4, 0.5) is 15.8 Å². The van der Waals surface area contributed by atoms with E-state index in [4.69, 9.17) is 11.5 Å². The van der Waals surface area contributed by atoms with Gasteiger partial charge in [0.1, 0.15) is 11.9 Å². The van der Waals surface area contributed by atoms with Gasteiger partial charge in [-0.05, 0) is 55.0 Å². The lowest BCUT2D eigenvalue weighted by Crippen LogP contribution is -2.36. The number of hydrogen-bond donors (Lipinski definition) is 4. The zero-order valence-electron chi connectivity index (χ0n) is 21.3. The molecule has 8 nitrogen and oxygen atoms in total. The van der Waals surface area contributed by atoms with Gasteiger partial charge in [-0.3, -0.25) is 9.78 Å². The van der Waals surface area contributed by atoms with Crippen LogP contribution in [0.1, 0.15) is 55.0 Å². The highest BCUT2D eigenvalue weighted by Crippen LogP contribution is 2.34. The minimum absolute atomic E-state index is 0.00221. The first kappa shape index (κ1) is 27.0. The van der Waals surface area contributed by atoms with Crippen molar-refractivity contribution in [2.45, 2.75) is 51.6 Å². The summed E-state index contributed by atoms with van der Waals surface area (Å²) in [5.74, 6) is -0.393. The van der Waals surface area contributed by atoms with E-state index in [1.54, 1.807) is 31.6 Å². The molecule has 1 saturated carbocycles. The minimum atomic E-state index is -0.657. The van der Waals surface area contributed by atoms with Crippen LogP contribution < -0.4 is 27.0 Å². The SMILES string of the molecule is CN/C=C(\CN)c1cc(C#N)c(F)c(CNC(=O)Cc2nccc(N)c2N(C)C(C)C2CCCC2)c1. The number of nitrogens with two attached hydrogens (primary N) is 2. The average Bonchev–Trinajstić information content (AvgIpc) is 3.41. The first-order valence-corrected chi connectivity index (χ1v) is 12.3. The van der Waals surface area contributed by atoms with Crippen LogP contribution in [-0.4, -0.2) is 37.6 Å². The molecule has 0 spiro atoms. The molecule has 1 fully saturated rings. The largest absolute Gasteiger partial charge is 0.397 e. The fraction of sp³-hybridized carbons (Fsp3) is 0.444. The maximum absolute atomic E-state index is 14.9. The standard InChI is InChI=1S/C27H36FN7O/c1-17(18-6-4-5-7-18)35(3)27-23(31)8-9-33-24(27)12-25(36)34-16-21-11-19(22(14-30)15-32-2)10-20(13-29)26(21)28/h8-11,15,17-18,32H,4-7,12,14,16,30H2,1-3H3,(H2,31,33)(H,34,36)/b22-15+. The van der Waals surface area contributed by atoms with Gasteiger partial charge in [0.15, 0.2) is 0 Å². The second-order valence-electron chi connectivity index (χ2n) is 9.32. The molecule has 3 rings (SSSR count). The molecule has 36 heavy (non-hydrogen) atoms. The Morgan fingerprint density at radius 1 is 1.39 bits per heavy atom. The Morgan fingerprint density at radius 2 is 2.11 bits per heavy atom. The lowest BCUT2D eigenvalue weighted by molar-refractivity contribution is -0.120. The highest BCUT2D eigenvalue weighted by Gasteiger charge is 2.27. The smallest absolute Gasteiger partial charge is 0.226 e. The number of aromatic nitrogens is 1. The van der Waals surface area contributed by atoms with Gasteiger partial charge >= 0.3 is 0 Å². The number of pyridine rings is 1. The Labute approximate surface area is 212 Å². The van der Waals surface area contributed by atoms with Gasteiger partial charge in [0.2, 0.25) is 5.91 Å². The molecular formula is C27H36FN7O. The van der Waals surface area contributed by atoms with Gasteiger partial charge in [0.25, 0.3) is 0 Å². The van der Waals surface area contributed by atoms with E-state index >= 15 is 0 Å². The van der Waals surface area contributed by atoms with E-state index in [9.17, 15) is 14.4 Å². The molecule has 6 N–H and O–H groups in total. The summed E-state index contributed by atoms with van der Waals surface area (Å²) in [7, 11) is 3.73. The van der Waals surface area contributed by atoms with Crippen molar-refractivity contribution in [3.8, 4) is 6.07 Å². The molecule has 0 radical (unpaired) electrons. The molecule has 1 heterocycles. The second kappa shape index (κ2) is 12.4. The third kappa shape index (κ3) is 6.13. The molecule has 1 aromatic heterocycles. The second-order valence-corrected chi connectivity index (χ2v) is 9.32. The number of rotatable bonds is 10. The summed E-state index contributed by atoms with van der Waals surface area (Å²) in [5.41, 5.74) is 15.5. The van der Waals surface area contributed by atoms with Gasteiger partial charge in [-0.25, -0.2) is 4.39 Å². The van der Waals surface area contributed by atoms with Gasteiger partial charge in [0, 0.05) is 51.2 Å². The molecule has 1 atom stereocenters. The molecule has 1 aliphatic rings. The fourth-order valence-corrected chi connectivity index (χ4v) is 4.93. The van der Waals surface area contributed by atoms with Gasteiger partial charge < -0.3 is 27.0 Å².